The lowest BCUT2D eigenvalue weighted by Gasteiger charge is -1.98. The minimum atomic E-state index is 0.905. The Hall–Kier alpha value is -2.68. The second-order valence-corrected chi connectivity index (χ2v) is 4.55. The smallest absolute Gasteiger partial charge is 0.0951 e. The minimum absolute atomic E-state index is 0.905. The lowest BCUT2D eigenvalue weighted by atomic mass is 10.1. The summed E-state index contributed by atoms with van der Waals surface area (Å²) in [5, 5.41) is 9.69. The minimum Gasteiger partial charge on any atom is -0.323 e. The second-order valence-electron chi connectivity index (χ2n) is 4.55. The Kier molecular flexibility index (Phi) is 2.12. The summed E-state index contributed by atoms with van der Waals surface area (Å²) in [7, 11) is 0. The summed E-state index contributed by atoms with van der Waals surface area (Å²) in [6, 6.07) is 18.4. The van der Waals surface area contributed by atoms with Gasteiger partial charge in [0.1, 0.15) is 0 Å². The van der Waals surface area contributed by atoms with Gasteiger partial charge in [-0.2, -0.15) is 0 Å². The third-order valence-electron chi connectivity index (χ3n) is 3.29. The van der Waals surface area contributed by atoms with E-state index in [-0.39, 0.29) is 0 Å². The lowest BCUT2D eigenvalue weighted by Crippen LogP contribution is -1.87. The van der Waals surface area contributed by atoms with Crippen molar-refractivity contribution >= 4 is 16.4 Å². The maximum absolute atomic E-state index is 4.31. The molecule has 0 aliphatic heterocycles. The molecule has 0 N–H and O–H groups in total. The van der Waals surface area contributed by atoms with Crippen LogP contribution in [0.15, 0.2) is 67.0 Å². The monoisotopic (exact) mass is 245 g/mol. The molecule has 1 aromatic carbocycles. The topological polar surface area (TPSA) is 30.2 Å². The number of hydrogen-bond acceptors (Lipinski definition) is 2. The van der Waals surface area contributed by atoms with Gasteiger partial charge >= 0.3 is 0 Å². The molecule has 0 saturated heterocycles. The van der Waals surface area contributed by atoms with Gasteiger partial charge in [0, 0.05) is 28.9 Å². The molecule has 4 aromatic rings. The molecule has 3 heteroatoms. The Morgan fingerprint density at radius 3 is 2.68 bits per heavy atom. The Balaban J connectivity index is 1.93. The molecular weight excluding hydrogens is 234 g/mol. The van der Waals surface area contributed by atoms with E-state index in [0.717, 1.165) is 27.7 Å². The first-order chi connectivity index (χ1) is 9.40. The highest BCUT2D eigenvalue weighted by Gasteiger charge is 2.05. The van der Waals surface area contributed by atoms with Crippen molar-refractivity contribution in [3.63, 3.8) is 0 Å². The van der Waals surface area contributed by atoms with Gasteiger partial charge in [-0.25, -0.2) is 0 Å². The van der Waals surface area contributed by atoms with Crippen LogP contribution in [0.25, 0.3) is 27.7 Å². The maximum atomic E-state index is 4.31. The van der Waals surface area contributed by atoms with Gasteiger partial charge in [0.25, 0.3) is 0 Å². The molecule has 3 heterocycles. The van der Waals surface area contributed by atoms with Crippen LogP contribution in [0.1, 0.15) is 0 Å². The Bertz CT molecular complexity index is 844. The van der Waals surface area contributed by atoms with E-state index in [0.29, 0.717) is 0 Å². The Labute approximate surface area is 110 Å². The molecule has 0 aliphatic rings. The molecule has 0 atom stereocenters. The normalized spacial score (nSPS) is 11.2. The van der Waals surface area contributed by atoms with Crippen LogP contribution in [0.4, 0.5) is 0 Å². The molecule has 0 aliphatic carbocycles. The van der Waals surface area contributed by atoms with E-state index in [2.05, 4.69) is 45.1 Å². The molecule has 90 valence electrons. The van der Waals surface area contributed by atoms with E-state index in [1.165, 1.54) is 0 Å². The lowest BCUT2D eigenvalue weighted by molar-refractivity contribution is 1.08. The van der Waals surface area contributed by atoms with Crippen LogP contribution in [0, 0.1) is 0 Å². The van der Waals surface area contributed by atoms with Gasteiger partial charge < -0.3 is 4.40 Å². The average molecular weight is 245 g/mol. The molecule has 3 nitrogen and oxygen atoms in total. The summed E-state index contributed by atoms with van der Waals surface area (Å²) >= 11 is 0. The van der Waals surface area contributed by atoms with Crippen molar-refractivity contribution in [2.24, 2.45) is 0 Å². The van der Waals surface area contributed by atoms with Crippen molar-refractivity contribution < 1.29 is 0 Å². The quantitative estimate of drug-likeness (QED) is 0.513. The Morgan fingerprint density at radius 1 is 0.842 bits per heavy atom. The van der Waals surface area contributed by atoms with Gasteiger partial charge in [-0.15, -0.1) is 10.2 Å². The Morgan fingerprint density at radius 2 is 1.74 bits per heavy atom. The molecule has 0 spiro atoms. The molecule has 3 aromatic heterocycles. The predicted molar refractivity (Wildman–Crippen MR) is 75.9 cm³/mol. The van der Waals surface area contributed by atoms with Crippen LogP contribution < -0.4 is 0 Å². The van der Waals surface area contributed by atoms with E-state index < -0.39 is 0 Å². The highest BCUT2D eigenvalue weighted by atomic mass is 15.1. The molecule has 4 rings (SSSR count). The van der Waals surface area contributed by atoms with Crippen molar-refractivity contribution in [2.45, 2.75) is 0 Å². The molecule has 0 unspecified atom stereocenters. The van der Waals surface area contributed by atoms with E-state index in [1.54, 1.807) is 0 Å². The van der Waals surface area contributed by atoms with Crippen LogP contribution in [0.2, 0.25) is 0 Å². The maximum Gasteiger partial charge on any atom is 0.0951 e. The van der Waals surface area contributed by atoms with Gasteiger partial charge in [0.05, 0.1) is 11.2 Å². The standard InChI is InChI=1S/C16H11N3/c1-2-7-15-12(5-1)10-16(18-17-15)13-9-14-6-3-4-8-19(14)11-13/h1-11H. The zero-order valence-electron chi connectivity index (χ0n) is 10.2. The van der Waals surface area contributed by atoms with Gasteiger partial charge in [0.15, 0.2) is 0 Å². The number of pyridine rings is 1. The predicted octanol–water partition coefficient (Wildman–Crippen LogP) is 3.55. The number of aromatic nitrogens is 3. The summed E-state index contributed by atoms with van der Waals surface area (Å²) in [6.45, 7) is 0. The third-order valence-corrected chi connectivity index (χ3v) is 3.29. The zero-order chi connectivity index (χ0) is 12.7. The fraction of sp³-hybridized carbons (Fsp3) is 0. The van der Waals surface area contributed by atoms with Crippen LogP contribution in [-0.4, -0.2) is 14.6 Å². The van der Waals surface area contributed by atoms with E-state index in [1.807, 2.05) is 36.5 Å². The van der Waals surface area contributed by atoms with Gasteiger partial charge in [0.2, 0.25) is 0 Å². The van der Waals surface area contributed by atoms with Crippen molar-refractivity contribution in [3.05, 3.63) is 67.0 Å². The van der Waals surface area contributed by atoms with Crippen molar-refractivity contribution in [3.8, 4) is 11.3 Å². The van der Waals surface area contributed by atoms with Crippen molar-refractivity contribution in [1.29, 1.82) is 0 Å². The molecule has 0 saturated carbocycles. The van der Waals surface area contributed by atoms with Crippen LogP contribution in [0.3, 0.4) is 0 Å². The van der Waals surface area contributed by atoms with Crippen LogP contribution >= 0.6 is 0 Å². The first-order valence-electron chi connectivity index (χ1n) is 6.20. The number of nitrogens with zero attached hydrogens (tertiary/aromatic N) is 3. The summed E-state index contributed by atoms with van der Waals surface area (Å²) in [5.74, 6) is 0. The van der Waals surface area contributed by atoms with Crippen LogP contribution in [0.5, 0.6) is 0 Å². The number of benzene rings is 1. The largest absolute Gasteiger partial charge is 0.323 e. The van der Waals surface area contributed by atoms with E-state index in [4.69, 9.17) is 0 Å². The summed E-state index contributed by atoms with van der Waals surface area (Å²) in [6.07, 6.45) is 4.11. The number of hydrogen-bond donors (Lipinski definition) is 0. The van der Waals surface area contributed by atoms with E-state index >= 15 is 0 Å². The summed E-state index contributed by atoms with van der Waals surface area (Å²) in [5.41, 5.74) is 4.08. The van der Waals surface area contributed by atoms with Gasteiger partial charge in [-0.1, -0.05) is 24.3 Å². The highest BCUT2D eigenvalue weighted by Crippen LogP contribution is 2.22. The number of fused-ring (bicyclic) bond motifs is 2. The summed E-state index contributed by atoms with van der Waals surface area (Å²) in [4.78, 5) is 0. The van der Waals surface area contributed by atoms with Gasteiger partial charge in [-0.05, 0) is 30.3 Å². The molecular formula is C16H11N3. The van der Waals surface area contributed by atoms with Crippen LogP contribution in [-0.2, 0) is 0 Å². The molecule has 0 radical (unpaired) electrons. The third kappa shape index (κ3) is 1.67. The SMILES string of the molecule is c1ccc2nnc(-c3cc4ccccn4c3)cc2c1. The summed E-state index contributed by atoms with van der Waals surface area (Å²) < 4.78 is 2.09. The average Bonchev–Trinajstić information content (AvgIpc) is 2.90. The highest BCUT2D eigenvalue weighted by molar-refractivity contribution is 5.82. The molecule has 0 bridgehead atoms. The van der Waals surface area contributed by atoms with E-state index in [9.17, 15) is 0 Å². The van der Waals surface area contributed by atoms with Crippen molar-refractivity contribution in [1.82, 2.24) is 14.6 Å². The second kappa shape index (κ2) is 3.92. The first kappa shape index (κ1) is 10.3. The fourth-order valence-electron chi connectivity index (χ4n) is 2.32. The first-order valence-corrected chi connectivity index (χ1v) is 6.20. The fourth-order valence-corrected chi connectivity index (χ4v) is 2.32. The van der Waals surface area contributed by atoms with Gasteiger partial charge in [-0.3, -0.25) is 0 Å². The zero-order valence-corrected chi connectivity index (χ0v) is 10.2. The molecule has 0 amide bonds. The van der Waals surface area contributed by atoms with Crippen molar-refractivity contribution in [2.75, 3.05) is 0 Å². The number of rotatable bonds is 1. The molecule has 0 fully saturated rings. The molecule has 19 heavy (non-hydrogen) atoms.